The zero-order chi connectivity index (χ0) is 9.59. The Hall–Kier alpha value is -0.200. The van der Waals surface area contributed by atoms with Crippen LogP contribution >= 0.6 is 0 Å². The van der Waals surface area contributed by atoms with Crippen LogP contribution in [0, 0.1) is 0 Å². The average Bonchev–Trinajstić information content (AvgIpc) is 2.42. The molecule has 5 nitrogen and oxygen atoms in total. The molecule has 2 rings (SSSR count). The summed E-state index contributed by atoms with van der Waals surface area (Å²) in [5.41, 5.74) is 0. The van der Waals surface area contributed by atoms with Crippen molar-refractivity contribution in [1.82, 2.24) is 0 Å². The molecule has 1 unspecified atom stereocenters. The van der Waals surface area contributed by atoms with E-state index >= 15 is 0 Å². The van der Waals surface area contributed by atoms with E-state index in [4.69, 9.17) is 9.47 Å². The van der Waals surface area contributed by atoms with E-state index in [1.165, 1.54) is 0 Å². The third-order valence-corrected chi connectivity index (χ3v) is 2.61. The lowest BCUT2D eigenvalue weighted by molar-refractivity contribution is -0.271. The summed E-state index contributed by atoms with van der Waals surface area (Å²) < 4.78 is 10.4. The van der Waals surface area contributed by atoms with E-state index in [-0.39, 0.29) is 12.2 Å². The van der Waals surface area contributed by atoms with Crippen LogP contribution in [0.15, 0.2) is 0 Å². The maximum Gasteiger partial charge on any atom is 0.183 e. The van der Waals surface area contributed by atoms with Crippen molar-refractivity contribution in [3.8, 4) is 0 Å². The maximum absolute atomic E-state index is 9.52. The molecule has 76 valence electrons. The van der Waals surface area contributed by atoms with Crippen LogP contribution in [0.5, 0.6) is 0 Å². The number of hydrogen-bond acceptors (Lipinski definition) is 5. The fourth-order valence-electron chi connectivity index (χ4n) is 1.93. The van der Waals surface area contributed by atoms with Gasteiger partial charge in [-0.15, -0.1) is 0 Å². The highest BCUT2D eigenvalue weighted by Gasteiger charge is 2.48. The van der Waals surface area contributed by atoms with E-state index in [2.05, 4.69) is 0 Å². The molecule has 2 fully saturated rings. The van der Waals surface area contributed by atoms with E-state index in [1.807, 2.05) is 6.92 Å². The van der Waals surface area contributed by atoms with Crippen molar-refractivity contribution < 1.29 is 24.8 Å². The van der Waals surface area contributed by atoms with Crippen molar-refractivity contribution in [1.29, 1.82) is 0 Å². The van der Waals surface area contributed by atoms with Crippen LogP contribution in [0.1, 0.15) is 13.3 Å². The Morgan fingerprint density at radius 2 is 1.77 bits per heavy atom. The molecule has 2 aliphatic rings. The Kier molecular flexibility index (Phi) is 2.29. The zero-order valence-corrected chi connectivity index (χ0v) is 7.33. The molecular formula is C8H14O5. The van der Waals surface area contributed by atoms with Crippen LogP contribution in [0.4, 0.5) is 0 Å². The van der Waals surface area contributed by atoms with Gasteiger partial charge in [-0.2, -0.15) is 0 Å². The molecular weight excluding hydrogens is 176 g/mol. The number of hydrogen-bond donors (Lipinski definition) is 3. The van der Waals surface area contributed by atoms with Gasteiger partial charge in [0.2, 0.25) is 0 Å². The highest BCUT2D eigenvalue weighted by molar-refractivity contribution is 4.94. The first-order valence-electron chi connectivity index (χ1n) is 4.44. The number of ether oxygens (including phenoxy) is 2. The van der Waals surface area contributed by atoms with Gasteiger partial charge < -0.3 is 24.8 Å². The molecule has 0 saturated carbocycles. The molecule has 0 aromatic rings. The van der Waals surface area contributed by atoms with Gasteiger partial charge >= 0.3 is 0 Å². The second kappa shape index (κ2) is 3.18. The van der Waals surface area contributed by atoms with E-state index in [1.54, 1.807) is 0 Å². The fraction of sp³-hybridized carbons (Fsp3) is 1.00. The second-order valence-corrected chi connectivity index (χ2v) is 3.69. The third-order valence-electron chi connectivity index (χ3n) is 2.61. The predicted octanol–water partition coefficient (Wildman–Crippen LogP) is -1.40. The Balaban J connectivity index is 2.11. The zero-order valence-electron chi connectivity index (χ0n) is 7.33. The largest absolute Gasteiger partial charge is 0.387 e. The summed E-state index contributed by atoms with van der Waals surface area (Å²) >= 11 is 0. The van der Waals surface area contributed by atoms with Gasteiger partial charge in [0, 0.05) is 6.42 Å². The Morgan fingerprint density at radius 1 is 1.08 bits per heavy atom. The van der Waals surface area contributed by atoms with Gasteiger partial charge in [0.1, 0.15) is 18.3 Å². The minimum Gasteiger partial charge on any atom is -0.387 e. The van der Waals surface area contributed by atoms with Gasteiger partial charge in [-0.1, -0.05) is 0 Å². The maximum atomic E-state index is 9.52. The van der Waals surface area contributed by atoms with Gasteiger partial charge in [-0.05, 0) is 6.92 Å². The fourth-order valence-corrected chi connectivity index (χ4v) is 1.93. The third kappa shape index (κ3) is 1.47. The summed E-state index contributed by atoms with van der Waals surface area (Å²) in [5, 5.41) is 28.0. The lowest BCUT2D eigenvalue weighted by Crippen LogP contribution is -2.55. The molecule has 0 amide bonds. The molecule has 2 saturated heterocycles. The van der Waals surface area contributed by atoms with Gasteiger partial charge in [0.05, 0.1) is 12.2 Å². The van der Waals surface area contributed by atoms with Crippen molar-refractivity contribution >= 4 is 0 Å². The van der Waals surface area contributed by atoms with Crippen molar-refractivity contribution in [3.63, 3.8) is 0 Å². The van der Waals surface area contributed by atoms with Gasteiger partial charge in [-0.3, -0.25) is 0 Å². The average molecular weight is 190 g/mol. The standard InChI is InChI=1S/C8H14O5/c1-3-2-4-7(12-3)5(9)6(10)8(11)13-4/h3-11H,2H2,1H3/t3-,4-,5-,6+,7+,8?/m1/s1. The van der Waals surface area contributed by atoms with E-state index < -0.39 is 24.6 Å². The summed E-state index contributed by atoms with van der Waals surface area (Å²) in [7, 11) is 0. The molecule has 0 aliphatic carbocycles. The topological polar surface area (TPSA) is 79.2 Å². The summed E-state index contributed by atoms with van der Waals surface area (Å²) in [5.74, 6) is 0. The highest BCUT2D eigenvalue weighted by Crippen LogP contribution is 2.32. The summed E-state index contributed by atoms with van der Waals surface area (Å²) in [4.78, 5) is 0. The smallest absolute Gasteiger partial charge is 0.183 e. The monoisotopic (exact) mass is 190 g/mol. The first-order valence-corrected chi connectivity index (χ1v) is 4.44. The normalized spacial score (nSPS) is 56.3. The molecule has 0 aromatic carbocycles. The molecule has 0 spiro atoms. The quantitative estimate of drug-likeness (QED) is 0.438. The number of aliphatic hydroxyl groups is 3. The Labute approximate surface area is 75.9 Å². The van der Waals surface area contributed by atoms with Crippen LogP contribution < -0.4 is 0 Å². The van der Waals surface area contributed by atoms with E-state index in [9.17, 15) is 15.3 Å². The van der Waals surface area contributed by atoms with Crippen molar-refractivity contribution in [2.45, 2.75) is 50.2 Å². The molecule has 2 aliphatic heterocycles. The minimum atomic E-state index is -1.30. The molecule has 0 radical (unpaired) electrons. The lowest BCUT2D eigenvalue weighted by atomic mass is 9.98. The first kappa shape index (κ1) is 9.36. The van der Waals surface area contributed by atoms with Crippen molar-refractivity contribution in [2.24, 2.45) is 0 Å². The molecule has 0 bridgehead atoms. The van der Waals surface area contributed by atoms with Crippen molar-refractivity contribution in [3.05, 3.63) is 0 Å². The Morgan fingerprint density at radius 3 is 2.46 bits per heavy atom. The minimum absolute atomic E-state index is 0.00199. The van der Waals surface area contributed by atoms with Crippen LogP contribution in [-0.2, 0) is 9.47 Å². The molecule has 6 atom stereocenters. The van der Waals surface area contributed by atoms with E-state index in [0.29, 0.717) is 6.42 Å². The number of fused-ring (bicyclic) bond motifs is 1. The lowest BCUT2D eigenvalue weighted by Gasteiger charge is -2.36. The molecule has 5 heteroatoms. The van der Waals surface area contributed by atoms with Crippen molar-refractivity contribution in [2.75, 3.05) is 0 Å². The van der Waals surface area contributed by atoms with Gasteiger partial charge in [0.15, 0.2) is 6.29 Å². The van der Waals surface area contributed by atoms with E-state index in [0.717, 1.165) is 0 Å². The molecule has 2 heterocycles. The van der Waals surface area contributed by atoms with Crippen LogP contribution in [0.25, 0.3) is 0 Å². The molecule has 13 heavy (non-hydrogen) atoms. The second-order valence-electron chi connectivity index (χ2n) is 3.69. The van der Waals surface area contributed by atoms with Crippen LogP contribution in [0.3, 0.4) is 0 Å². The SMILES string of the molecule is C[C@@H]1C[C@H]2OC(O)[C@@H](O)[C@@H](O)[C@H]2O1. The summed E-state index contributed by atoms with van der Waals surface area (Å²) in [6.07, 6.45) is -3.79. The predicted molar refractivity (Wildman–Crippen MR) is 41.8 cm³/mol. The van der Waals surface area contributed by atoms with Gasteiger partial charge in [0.25, 0.3) is 0 Å². The van der Waals surface area contributed by atoms with Gasteiger partial charge in [-0.25, -0.2) is 0 Å². The van der Waals surface area contributed by atoms with Crippen LogP contribution in [-0.4, -0.2) is 52.1 Å². The highest BCUT2D eigenvalue weighted by atomic mass is 16.7. The molecule has 0 aromatic heterocycles. The number of rotatable bonds is 0. The number of aliphatic hydroxyl groups excluding tert-OH is 3. The Bertz CT molecular complexity index is 195. The molecule has 3 N–H and O–H groups in total. The summed E-state index contributed by atoms with van der Waals surface area (Å²) in [6.45, 7) is 1.87. The summed E-state index contributed by atoms with van der Waals surface area (Å²) in [6, 6.07) is 0. The first-order chi connectivity index (χ1) is 6.09. The van der Waals surface area contributed by atoms with Crippen LogP contribution in [0.2, 0.25) is 0 Å².